The molecule has 0 aromatic heterocycles. The molecule has 4 heteroatoms. The van der Waals surface area contributed by atoms with Crippen LogP contribution in [-0.4, -0.2) is 29.9 Å². The molecule has 1 amide bonds. The number of hydrogen-bond acceptors (Lipinski definition) is 2. The number of carbonyl (C=O) groups is 1. The van der Waals surface area contributed by atoms with Crippen molar-refractivity contribution in [3.05, 3.63) is 0 Å². The second-order valence-corrected chi connectivity index (χ2v) is 5.64. The first-order valence-electron chi connectivity index (χ1n) is 6.52. The third kappa shape index (κ3) is 6.27. The quantitative estimate of drug-likeness (QED) is 0.827. The van der Waals surface area contributed by atoms with Gasteiger partial charge in [-0.1, -0.05) is 13.8 Å². The summed E-state index contributed by atoms with van der Waals surface area (Å²) in [6, 6.07) is 0.137. The fourth-order valence-corrected chi connectivity index (χ4v) is 2.43. The van der Waals surface area contributed by atoms with Crippen LogP contribution in [-0.2, 0) is 4.79 Å². The smallest absolute Gasteiger partial charge is 0.222 e. The van der Waals surface area contributed by atoms with Gasteiger partial charge in [-0.05, 0) is 38.0 Å². The summed E-state index contributed by atoms with van der Waals surface area (Å²) in [5, 5.41) is 0. The van der Waals surface area contributed by atoms with E-state index < -0.39 is 0 Å². The molecular weight excluding hydrogens is 236 g/mol. The second kappa shape index (κ2) is 7.93. The van der Waals surface area contributed by atoms with Gasteiger partial charge in [0.1, 0.15) is 0 Å². The lowest BCUT2D eigenvalue weighted by molar-refractivity contribution is -0.130. The summed E-state index contributed by atoms with van der Waals surface area (Å²) in [4.78, 5) is 13.9. The van der Waals surface area contributed by atoms with E-state index in [-0.39, 0.29) is 18.4 Å². The summed E-state index contributed by atoms with van der Waals surface area (Å²) in [5.41, 5.74) is 5.66. The Balaban J connectivity index is 0.00000256. The van der Waals surface area contributed by atoms with Gasteiger partial charge in [-0.2, -0.15) is 0 Å². The standard InChI is InChI=1S/C13H26N2O.ClH/c1-10(2)8-12-6-7-15(9-12)13(16)5-4-11(3)14;/h10-12H,4-9,14H2,1-3H3;1H. The van der Waals surface area contributed by atoms with Crippen LogP contribution >= 0.6 is 12.4 Å². The molecule has 0 aliphatic carbocycles. The average Bonchev–Trinajstić information content (AvgIpc) is 2.61. The van der Waals surface area contributed by atoms with Gasteiger partial charge in [0.25, 0.3) is 0 Å². The van der Waals surface area contributed by atoms with Gasteiger partial charge in [-0.25, -0.2) is 0 Å². The van der Waals surface area contributed by atoms with Gasteiger partial charge in [0, 0.05) is 25.6 Å². The molecule has 0 saturated carbocycles. The largest absolute Gasteiger partial charge is 0.342 e. The SMILES string of the molecule is CC(C)CC1CCN(C(=O)CCC(C)N)C1.Cl. The second-order valence-electron chi connectivity index (χ2n) is 5.64. The maximum absolute atomic E-state index is 11.9. The van der Waals surface area contributed by atoms with Crippen LogP contribution in [0.1, 0.15) is 46.5 Å². The Kier molecular flexibility index (Phi) is 7.80. The highest BCUT2D eigenvalue weighted by molar-refractivity contribution is 5.85. The van der Waals surface area contributed by atoms with Crippen LogP contribution in [0.4, 0.5) is 0 Å². The van der Waals surface area contributed by atoms with E-state index in [1.807, 2.05) is 11.8 Å². The van der Waals surface area contributed by atoms with E-state index in [4.69, 9.17) is 5.73 Å². The third-order valence-corrected chi connectivity index (χ3v) is 3.26. The van der Waals surface area contributed by atoms with E-state index in [1.54, 1.807) is 0 Å². The van der Waals surface area contributed by atoms with Crippen LogP contribution in [0.2, 0.25) is 0 Å². The molecular formula is C13H27ClN2O. The lowest BCUT2D eigenvalue weighted by Gasteiger charge is -2.17. The Morgan fingerprint density at radius 1 is 1.41 bits per heavy atom. The predicted octanol–water partition coefficient (Wildman–Crippen LogP) is 2.43. The molecule has 1 aliphatic rings. The van der Waals surface area contributed by atoms with Crippen LogP contribution in [0.15, 0.2) is 0 Å². The van der Waals surface area contributed by atoms with Crippen LogP contribution < -0.4 is 5.73 Å². The fourth-order valence-electron chi connectivity index (χ4n) is 2.43. The van der Waals surface area contributed by atoms with Crippen LogP contribution in [0.25, 0.3) is 0 Å². The number of amides is 1. The third-order valence-electron chi connectivity index (χ3n) is 3.26. The molecule has 17 heavy (non-hydrogen) atoms. The first kappa shape index (κ1) is 16.7. The molecule has 1 saturated heterocycles. The van der Waals surface area contributed by atoms with E-state index in [1.165, 1.54) is 12.8 Å². The van der Waals surface area contributed by atoms with Gasteiger partial charge >= 0.3 is 0 Å². The van der Waals surface area contributed by atoms with E-state index in [9.17, 15) is 4.79 Å². The van der Waals surface area contributed by atoms with Crippen molar-refractivity contribution in [1.29, 1.82) is 0 Å². The Morgan fingerprint density at radius 3 is 2.59 bits per heavy atom. The summed E-state index contributed by atoms with van der Waals surface area (Å²) < 4.78 is 0. The Morgan fingerprint density at radius 2 is 2.06 bits per heavy atom. The highest BCUT2D eigenvalue weighted by Gasteiger charge is 2.26. The number of nitrogens with two attached hydrogens (primary N) is 1. The lowest BCUT2D eigenvalue weighted by Crippen LogP contribution is -2.30. The van der Waals surface area contributed by atoms with Crippen LogP contribution in [0, 0.1) is 11.8 Å². The molecule has 1 rings (SSSR count). The molecule has 0 radical (unpaired) electrons. The minimum absolute atomic E-state index is 0. The number of carbonyl (C=O) groups excluding carboxylic acids is 1. The van der Waals surface area contributed by atoms with Crippen molar-refractivity contribution in [2.45, 2.75) is 52.5 Å². The van der Waals surface area contributed by atoms with Crippen molar-refractivity contribution in [2.24, 2.45) is 17.6 Å². The van der Waals surface area contributed by atoms with Gasteiger partial charge < -0.3 is 10.6 Å². The minimum Gasteiger partial charge on any atom is -0.342 e. The molecule has 2 N–H and O–H groups in total. The van der Waals surface area contributed by atoms with Crippen molar-refractivity contribution in [2.75, 3.05) is 13.1 Å². The summed E-state index contributed by atoms with van der Waals surface area (Å²) >= 11 is 0. The number of hydrogen-bond donors (Lipinski definition) is 1. The molecule has 3 nitrogen and oxygen atoms in total. The Bertz CT molecular complexity index is 231. The van der Waals surface area contributed by atoms with Gasteiger partial charge in [0.15, 0.2) is 0 Å². The average molecular weight is 263 g/mol. The zero-order valence-corrected chi connectivity index (χ0v) is 12.1. The number of nitrogens with zero attached hydrogens (tertiary/aromatic N) is 1. The number of rotatable bonds is 5. The maximum atomic E-state index is 11.9. The summed E-state index contributed by atoms with van der Waals surface area (Å²) in [6.07, 6.45) is 3.86. The molecule has 2 atom stereocenters. The molecule has 2 unspecified atom stereocenters. The molecule has 1 fully saturated rings. The molecule has 0 bridgehead atoms. The van der Waals surface area contributed by atoms with Crippen molar-refractivity contribution in [3.8, 4) is 0 Å². The maximum Gasteiger partial charge on any atom is 0.222 e. The van der Waals surface area contributed by atoms with Crippen molar-refractivity contribution < 1.29 is 4.79 Å². The highest BCUT2D eigenvalue weighted by atomic mass is 35.5. The van der Waals surface area contributed by atoms with Crippen molar-refractivity contribution >= 4 is 18.3 Å². The molecule has 0 aromatic rings. The van der Waals surface area contributed by atoms with Gasteiger partial charge in [-0.15, -0.1) is 12.4 Å². The van der Waals surface area contributed by atoms with Crippen LogP contribution in [0.5, 0.6) is 0 Å². The lowest BCUT2D eigenvalue weighted by atomic mass is 9.97. The number of halogens is 1. The highest BCUT2D eigenvalue weighted by Crippen LogP contribution is 2.23. The van der Waals surface area contributed by atoms with Gasteiger partial charge in [0.05, 0.1) is 0 Å². The molecule has 0 spiro atoms. The zero-order chi connectivity index (χ0) is 12.1. The zero-order valence-electron chi connectivity index (χ0n) is 11.3. The number of likely N-dealkylation sites (tertiary alicyclic amines) is 1. The molecule has 1 heterocycles. The molecule has 1 aliphatic heterocycles. The fraction of sp³-hybridized carbons (Fsp3) is 0.923. The minimum atomic E-state index is 0. The van der Waals surface area contributed by atoms with E-state index in [0.29, 0.717) is 12.3 Å². The predicted molar refractivity (Wildman–Crippen MR) is 74.3 cm³/mol. The monoisotopic (exact) mass is 262 g/mol. The topological polar surface area (TPSA) is 46.3 Å². The molecule has 0 aromatic carbocycles. The summed E-state index contributed by atoms with van der Waals surface area (Å²) in [7, 11) is 0. The van der Waals surface area contributed by atoms with E-state index >= 15 is 0 Å². The first-order chi connectivity index (χ1) is 7.49. The van der Waals surface area contributed by atoms with E-state index in [0.717, 1.165) is 31.3 Å². The van der Waals surface area contributed by atoms with Gasteiger partial charge in [-0.3, -0.25) is 4.79 Å². The van der Waals surface area contributed by atoms with Crippen molar-refractivity contribution in [1.82, 2.24) is 4.90 Å². The van der Waals surface area contributed by atoms with Gasteiger partial charge in [0.2, 0.25) is 5.91 Å². The van der Waals surface area contributed by atoms with Crippen molar-refractivity contribution in [3.63, 3.8) is 0 Å². The Hall–Kier alpha value is -0.280. The first-order valence-corrected chi connectivity index (χ1v) is 6.52. The summed E-state index contributed by atoms with van der Waals surface area (Å²) in [6.45, 7) is 8.38. The van der Waals surface area contributed by atoms with Crippen LogP contribution in [0.3, 0.4) is 0 Å². The Labute approximate surface area is 112 Å². The van der Waals surface area contributed by atoms with E-state index in [2.05, 4.69) is 13.8 Å². The summed E-state index contributed by atoms with van der Waals surface area (Å²) in [5.74, 6) is 1.76. The molecule has 102 valence electrons. The normalized spacial score (nSPS) is 21.5.